The summed E-state index contributed by atoms with van der Waals surface area (Å²) in [4.78, 5) is 2.41. The molecular formula is C67H54N2. The van der Waals surface area contributed by atoms with Crippen molar-refractivity contribution in [2.24, 2.45) is 0 Å². The number of nitrogens with zero attached hydrogens (tertiary/aromatic N) is 1. The van der Waals surface area contributed by atoms with Gasteiger partial charge >= 0.3 is 0 Å². The standard InChI is InChI=1S/C49H39N.C18H15N/c1-3-16-44-42-24-13-15-26-46(42)49(48(44)40-22-11-10-17-34(40)2)45-25-14-12-23-41(45)43-32-31-39(33-47(43)49)50(37-20-8-5-9-21-37)38-29-27-36(28-30-38)35-18-6-4-7-19-35;1-3-7-15(8-4-1)16-11-13-18(14-12-16)19-17-9-5-2-6-10-17/h4-15,17-33H,3,16H2,1-2H3;1-14,19H. The van der Waals surface area contributed by atoms with E-state index in [1.807, 2.05) is 24.3 Å². The molecule has 0 aromatic heterocycles. The first-order chi connectivity index (χ1) is 34.1. The minimum Gasteiger partial charge on any atom is -0.356 e. The van der Waals surface area contributed by atoms with Crippen molar-refractivity contribution < 1.29 is 0 Å². The highest BCUT2D eigenvalue weighted by atomic mass is 15.1. The van der Waals surface area contributed by atoms with Gasteiger partial charge in [-0.15, -0.1) is 0 Å². The van der Waals surface area contributed by atoms with Crippen LogP contribution < -0.4 is 10.2 Å². The van der Waals surface area contributed by atoms with Gasteiger partial charge in [0, 0.05) is 28.4 Å². The third-order valence-electron chi connectivity index (χ3n) is 13.8. The summed E-state index contributed by atoms with van der Waals surface area (Å²) in [5.41, 5.74) is 23.8. The molecule has 2 heteroatoms. The summed E-state index contributed by atoms with van der Waals surface area (Å²) in [6, 6.07) is 94.1. The van der Waals surface area contributed by atoms with Crippen LogP contribution in [0.15, 0.2) is 261 Å². The molecule has 10 aromatic rings. The topological polar surface area (TPSA) is 15.3 Å². The number of anilines is 5. The average molecular weight is 887 g/mol. The Hall–Kier alpha value is -8.46. The predicted octanol–water partition coefficient (Wildman–Crippen LogP) is 18.3. The molecule has 10 aromatic carbocycles. The summed E-state index contributed by atoms with van der Waals surface area (Å²) in [5.74, 6) is 0. The summed E-state index contributed by atoms with van der Waals surface area (Å²) in [5, 5.41) is 3.38. The number of fused-ring (bicyclic) bond motifs is 7. The highest BCUT2D eigenvalue weighted by molar-refractivity contribution is 6.10. The predicted molar refractivity (Wildman–Crippen MR) is 293 cm³/mol. The number of aryl methyl sites for hydroxylation is 1. The Kier molecular flexibility index (Phi) is 11.9. The molecule has 2 aliphatic rings. The lowest BCUT2D eigenvalue weighted by molar-refractivity contribution is 0.840. The molecule has 0 radical (unpaired) electrons. The molecule has 1 N–H and O–H groups in total. The lowest BCUT2D eigenvalue weighted by Gasteiger charge is -2.35. The lowest BCUT2D eigenvalue weighted by Crippen LogP contribution is -2.27. The largest absolute Gasteiger partial charge is 0.356 e. The number of allylic oxidation sites excluding steroid dienone is 2. The maximum atomic E-state index is 3.38. The molecular weight excluding hydrogens is 833 g/mol. The van der Waals surface area contributed by atoms with Crippen LogP contribution in [-0.4, -0.2) is 0 Å². The van der Waals surface area contributed by atoms with E-state index in [-0.39, 0.29) is 0 Å². The Morgan fingerprint density at radius 1 is 0.362 bits per heavy atom. The number of nitrogens with one attached hydrogen (secondary N) is 1. The van der Waals surface area contributed by atoms with E-state index in [0.29, 0.717) is 0 Å². The second-order valence-corrected chi connectivity index (χ2v) is 18.0. The van der Waals surface area contributed by atoms with Crippen LogP contribution in [-0.2, 0) is 5.41 Å². The van der Waals surface area contributed by atoms with Gasteiger partial charge in [0.25, 0.3) is 0 Å². The van der Waals surface area contributed by atoms with Crippen molar-refractivity contribution in [2.75, 3.05) is 10.2 Å². The lowest BCUT2D eigenvalue weighted by atomic mass is 9.67. The van der Waals surface area contributed by atoms with E-state index < -0.39 is 5.41 Å². The summed E-state index contributed by atoms with van der Waals surface area (Å²) in [6.45, 7) is 4.59. The Morgan fingerprint density at radius 2 is 0.797 bits per heavy atom. The first-order valence-corrected chi connectivity index (χ1v) is 24.2. The van der Waals surface area contributed by atoms with E-state index >= 15 is 0 Å². The third kappa shape index (κ3) is 8.04. The second kappa shape index (κ2) is 19.0. The van der Waals surface area contributed by atoms with Crippen LogP contribution in [0.3, 0.4) is 0 Å². The summed E-state index contributed by atoms with van der Waals surface area (Å²) >= 11 is 0. The number of benzene rings is 10. The van der Waals surface area contributed by atoms with Crippen LogP contribution in [0.2, 0.25) is 0 Å². The minimum atomic E-state index is -0.436. The van der Waals surface area contributed by atoms with Gasteiger partial charge in [-0.2, -0.15) is 0 Å². The van der Waals surface area contributed by atoms with Gasteiger partial charge in [0.05, 0.1) is 5.41 Å². The van der Waals surface area contributed by atoms with Crippen molar-refractivity contribution in [3.63, 3.8) is 0 Å². The van der Waals surface area contributed by atoms with Crippen LogP contribution in [0.5, 0.6) is 0 Å². The Bertz CT molecular complexity index is 3390. The highest BCUT2D eigenvalue weighted by Gasteiger charge is 2.53. The van der Waals surface area contributed by atoms with Gasteiger partial charge in [0.1, 0.15) is 0 Å². The SMILES string of the molecule is CCCC1=C(c2ccccc2C)C2(c3ccccc31)c1ccccc1-c1ccc(N(c3ccccc3)c3ccc(-c4ccccc4)cc3)cc12.c1ccc(Nc2ccc(-c3ccccc3)cc2)cc1. The fourth-order valence-electron chi connectivity index (χ4n) is 10.8. The van der Waals surface area contributed by atoms with Crippen molar-refractivity contribution >= 4 is 39.6 Å². The summed E-state index contributed by atoms with van der Waals surface area (Å²) in [6.07, 6.45) is 2.12. The van der Waals surface area contributed by atoms with Gasteiger partial charge in [0.15, 0.2) is 0 Å². The van der Waals surface area contributed by atoms with Gasteiger partial charge in [-0.3, -0.25) is 0 Å². The van der Waals surface area contributed by atoms with Crippen LogP contribution in [0.4, 0.5) is 28.4 Å². The van der Waals surface area contributed by atoms with Crippen molar-refractivity contribution in [2.45, 2.75) is 32.1 Å². The van der Waals surface area contributed by atoms with Crippen molar-refractivity contribution in [3.8, 4) is 33.4 Å². The molecule has 0 amide bonds. The first kappa shape index (κ1) is 43.1. The molecule has 1 spiro atoms. The van der Waals surface area contributed by atoms with E-state index in [1.165, 1.54) is 77.9 Å². The number of hydrogen-bond acceptors (Lipinski definition) is 2. The zero-order valence-electron chi connectivity index (χ0n) is 39.2. The van der Waals surface area contributed by atoms with Gasteiger partial charge in [-0.25, -0.2) is 0 Å². The number of hydrogen-bond donors (Lipinski definition) is 1. The second-order valence-electron chi connectivity index (χ2n) is 18.0. The zero-order chi connectivity index (χ0) is 46.6. The molecule has 2 nitrogen and oxygen atoms in total. The fraction of sp³-hybridized carbons (Fsp3) is 0.0746. The quantitative estimate of drug-likeness (QED) is 0.147. The monoisotopic (exact) mass is 886 g/mol. The van der Waals surface area contributed by atoms with Crippen LogP contribution in [0.1, 0.15) is 53.1 Å². The van der Waals surface area contributed by atoms with Crippen molar-refractivity contribution in [1.82, 2.24) is 0 Å². The normalized spacial score (nSPS) is 14.1. The van der Waals surface area contributed by atoms with Crippen LogP contribution in [0.25, 0.3) is 44.5 Å². The molecule has 332 valence electrons. The average Bonchev–Trinajstić information content (AvgIpc) is 3.87. The Morgan fingerprint density at radius 3 is 1.41 bits per heavy atom. The fourth-order valence-corrected chi connectivity index (χ4v) is 10.8. The van der Waals surface area contributed by atoms with E-state index in [9.17, 15) is 0 Å². The van der Waals surface area contributed by atoms with Crippen LogP contribution >= 0.6 is 0 Å². The molecule has 1 atom stereocenters. The Balaban J connectivity index is 0.000000229. The number of para-hydroxylation sites is 2. The van der Waals surface area contributed by atoms with Crippen molar-refractivity contribution in [1.29, 1.82) is 0 Å². The molecule has 0 aliphatic heterocycles. The molecule has 0 fully saturated rings. The smallest absolute Gasteiger partial charge is 0.0728 e. The molecule has 0 saturated carbocycles. The van der Waals surface area contributed by atoms with Crippen LogP contribution in [0, 0.1) is 6.92 Å². The summed E-state index contributed by atoms with van der Waals surface area (Å²) < 4.78 is 0. The molecule has 69 heavy (non-hydrogen) atoms. The molecule has 1 unspecified atom stereocenters. The van der Waals surface area contributed by atoms with Crippen molar-refractivity contribution in [3.05, 3.63) is 294 Å². The van der Waals surface area contributed by atoms with Gasteiger partial charge in [0.2, 0.25) is 0 Å². The van der Waals surface area contributed by atoms with Gasteiger partial charge in [-0.05, 0) is 152 Å². The maximum absolute atomic E-state index is 3.38. The third-order valence-corrected chi connectivity index (χ3v) is 13.8. The van der Waals surface area contributed by atoms with E-state index in [2.05, 4.69) is 261 Å². The first-order valence-electron chi connectivity index (χ1n) is 24.2. The van der Waals surface area contributed by atoms with E-state index in [4.69, 9.17) is 0 Å². The van der Waals surface area contributed by atoms with Gasteiger partial charge < -0.3 is 10.2 Å². The molecule has 0 bridgehead atoms. The molecule has 12 rings (SSSR count). The minimum absolute atomic E-state index is 0.436. The Labute approximate surface area is 407 Å². The maximum Gasteiger partial charge on any atom is 0.0728 e. The molecule has 2 aliphatic carbocycles. The van der Waals surface area contributed by atoms with Gasteiger partial charge in [-0.1, -0.05) is 214 Å². The zero-order valence-corrected chi connectivity index (χ0v) is 39.2. The number of rotatable bonds is 10. The molecule has 0 heterocycles. The molecule has 0 saturated heterocycles. The van der Waals surface area contributed by atoms with E-state index in [0.717, 1.165) is 41.3 Å². The summed E-state index contributed by atoms with van der Waals surface area (Å²) in [7, 11) is 0. The highest BCUT2D eigenvalue weighted by Crippen LogP contribution is 2.65. The van der Waals surface area contributed by atoms with E-state index in [1.54, 1.807) is 0 Å².